The van der Waals surface area contributed by atoms with Crippen LogP contribution in [0.4, 0.5) is 4.39 Å². The summed E-state index contributed by atoms with van der Waals surface area (Å²) in [4.78, 5) is 2.43. The van der Waals surface area contributed by atoms with Crippen LogP contribution in [0.2, 0.25) is 0 Å². The maximum atomic E-state index is 13.2. The van der Waals surface area contributed by atoms with Crippen LogP contribution in [0.15, 0.2) is 24.3 Å². The Morgan fingerprint density at radius 3 is 2.50 bits per heavy atom. The highest BCUT2D eigenvalue weighted by atomic mass is 19.1. The summed E-state index contributed by atoms with van der Waals surface area (Å²) in [5, 5.41) is 3.59. The molecule has 3 heteroatoms. The molecule has 0 radical (unpaired) electrons. The lowest BCUT2D eigenvalue weighted by atomic mass is 10.1. The monoisotopic (exact) mass is 250 g/mol. The van der Waals surface area contributed by atoms with Gasteiger partial charge in [0.15, 0.2) is 0 Å². The lowest BCUT2D eigenvalue weighted by Gasteiger charge is -2.30. The first-order valence-electron chi connectivity index (χ1n) is 6.86. The molecule has 0 amide bonds. The number of halogens is 1. The quantitative estimate of drug-likeness (QED) is 0.868. The van der Waals surface area contributed by atoms with Gasteiger partial charge < -0.3 is 5.32 Å². The Morgan fingerprint density at radius 2 is 1.89 bits per heavy atom. The second-order valence-corrected chi connectivity index (χ2v) is 5.45. The van der Waals surface area contributed by atoms with Crippen molar-refractivity contribution in [1.29, 1.82) is 0 Å². The maximum Gasteiger partial charge on any atom is 0.123 e. The van der Waals surface area contributed by atoms with Crippen LogP contribution < -0.4 is 5.32 Å². The number of rotatable bonds is 2. The molecule has 1 aliphatic rings. The van der Waals surface area contributed by atoms with Gasteiger partial charge in [-0.2, -0.15) is 0 Å². The minimum Gasteiger partial charge on any atom is -0.312 e. The predicted molar refractivity (Wildman–Crippen MR) is 73.0 cm³/mol. The molecular formula is C15H23FN2. The Hall–Kier alpha value is -0.930. The van der Waals surface area contributed by atoms with Gasteiger partial charge >= 0.3 is 0 Å². The van der Waals surface area contributed by atoms with E-state index in [1.54, 1.807) is 12.1 Å². The van der Waals surface area contributed by atoms with E-state index in [0.29, 0.717) is 12.1 Å². The first kappa shape index (κ1) is 13.5. The molecule has 0 spiro atoms. The van der Waals surface area contributed by atoms with Crippen LogP contribution in [0.1, 0.15) is 32.3 Å². The summed E-state index contributed by atoms with van der Waals surface area (Å²) in [6.45, 7) is 7.50. The molecule has 18 heavy (non-hydrogen) atoms. The highest BCUT2D eigenvalue weighted by Gasteiger charge is 2.15. The molecule has 1 aliphatic heterocycles. The third-order valence-corrected chi connectivity index (χ3v) is 3.62. The molecule has 2 nitrogen and oxygen atoms in total. The van der Waals surface area contributed by atoms with Crippen LogP contribution >= 0.6 is 0 Å². The lowest BCUT2D eigenvalue weighted by molar-refractivity contribution is 0.212. The van der Waals surface area contributed by atoms with Crippen molar-refractivity contribution in [2.75, 3.05) is 13.1 Å². The molecule has 1 N–H and O–H groups in total. The van der Waals surface area contributed by atoms with Gasteiger partial charge in [-0.05, 0) is 57.5 Å². The highest BCUT2D eigenvalue weighted by Crippen LogP contribution is 2.12. The SMILES string of the molecule is CC1CCN(Cc2cccc(F)c2)CCC(C)N1. The molecule has 0 bridgehead atoms. The van der Waals surface area contributed by atoms with Gasteiger partial charge in [0, 0.05) is 18.6 Å². The zero-order valence-corrected chi connectivity index (χ0v) is 11.3. The molecule has 2 atom stereocenters. The zero-order valence-electron chi connectivity index (χ0n) is 11.3. The molecule has 0 saturated carbocycles. The summed E-state index contributed by atoms with van der Waals surface area (Å²) in [7, 11) is 0. The standard InChI is InChI=1S/C15H23FN2/c1-12-6-8-18(9-7-13(2)17-12)11-14-4-3-5-15(16)10-14/h3-5,10,12-13,17H,6-9,11H2,1-2H3. The number of nitrogens with zero attached hydrogens (tertiary/aromatic N) is 1. The van der Waals surface area contributed by atoms with Gasteiger partial charge in [0.2, 0.25) is 0 Å². The minimum atomic E-state index is -0.136. The van der Waals surface area contributed by atoms with Gasteiger partial charge in [0.25, 0.3) is 0 Å². The van der Waals surface area contributed by atoms with E-state index in [-0.39, 0.29) is 5.82 Å². The van der Waals surface area contributed by atoms with Crippen molar-refractivity contribution in [3.63, 3.8) is 0 Å². The number of hydrogen-bond donors (Lipinski definition) is 1. The fraction of sp³-hybridized carbons (Fsp3) is 0.600. The second-order valence-electron chi connectivity index (χ2n) is 5.45. The van der Waals surface area contributed by atoms with E-state index in [0.717, 1.165) is 38.0 Å². The maximum absolute atomic E-state index is 13.2. The number of nitrogens with one attached hydrogen (secondary N) is 1. The molecule has 1 fully saturated rings. The van der Waals surface area contributed by atoms with Crippen LogP contribution in [0.3, 0.4) is 0 Å². The topological polar surface area (TPSA) is 15.3 Å². The summed E-state index contributed by atoms with van der Waals surface area (Å²) < 4.78 is 13.2. The van der Waals surface area contributed by atoms with Gasteiger partial charge in [-0.1, -0.05) is 12.1 Å². The van der Waals surface area contributed by atoms with E-state index in [4.69, 9.17) is 0 Å². The average molecular weight is 250 g/mol. The van der Waals surface area contributed by atoms with E-state index in [2.05, 4.69) is 24.1 Å². The fourth-order valence-electron chi connectivity index (χ4n) is 2.57. The summed E-state index contributed by atoms with van der Waals surface area (Å²) in [6, 6.07) is 8.08. The van der Waals surface area contributed by atoms with Crippen molar-refractivity contribution in [3.8, 4) is 0 Å². The third-order valence-electron chi connectivity index (χ3n) is 3.62. The molecule has 100 valence electrons. The second kappa shape index (κ2) is 6.30. The van der Waals surface area contributed by atoms with E-state index in [1.165, 1.54) is 6.07 Å². The number of hydrogen-bond acceptors (Lipinski definition) is 2. The summed E-state index contributed by atoms with van der Waals surface area (Å²) in [5.41, 5.74) is 1.07. The Kier molecular flexibility index (Phi) is 4.72. The van der Waals surface area contributed by atoms with Crippen LogP contribution in [-0.4, -0.2) is 30.1 Å². The first-order valence-corrected chi connectivity index (χ1v) is 6.86. The van der Waals surface area contributed by atoms with Crippen LogP contribution in [0, 0.1) is 5.82 Å². The normalized spacial score (nSPS) is 26.6. The van der Waals surface area contributed by atoms with Crippen molar-refractivity contribution in [2.24, 2.45) is 0 Å². The smallest absolute Gasteiger partial charge is 0.123 e. The molecule has 1 heterocycles. The van der Waals surface area contributed by atoms with Crippen molar-refractivity contribution in [2.45, 2.75) is 45.3 Å². The van der Waals surface area contributed by atoms with Gasteiger partial charge in [-0.3, -0.25) is 4.90 Å². The largest absolute Gasteiger partial charge is 0.312 e. The van der Waals surface area contributed by atoms with Crippen molar-refractivity contribution in [3.05, 3.63) is 35.6 Å². The van der Waals surface area contributed by atoms with Gasteiger partial charge in [0.1, 0.15) is 5.82 Å². The van der Waals surface area contributed by atoms with Crippen LogP contribution in [0.5, 0.6) is 0 Å². The first-order chi connectivity index (χ1) is 8.63. The summed E-state index contributed by atoms with van der Waals surface area (Å²) in [5.74, 6) is -0.136. The Labute approximate surface area is 109 Å². The zero-order chi connectivity index (χ0) is 13.0. The van der Waals surface area contributed by atoms with Crippen molar-refractivity contribution in [1.82, 2.24) is 10.2 Å². The molecule has 0 aliphatic carbocycles. The van der Waals surface area contributed by atoms with Gasteiger partial charge in [-0.25, -0.2) is 4.39 Å². The average Bonchev–Trinajstić information content (AvgIpc) is 2.31. The molecule has 1 saturated heterocycles. The predicted octanol–water partition coefficient (Wildman–Crippen LogP) is 2.79. The molecule has 1 aromatic carbocycles. The van der Waals surface area contributed by atoms with E-state index in [1.807, 2.05) is 6.07 Å². The molecule has 0 aromatic heterocycles. The van der Waals surface area contributed by atoms with E-state index in [9.17, 15) is 4.39 Å². The minimum absolute atomic E-state index is 0.136. The van der Waals surface area contributed by atoms with E-state index >= 15 is 0 Å². The fourth-order valence-corrected chi connectivity index (χ4v) is 2.57. The van der Waals surface area contributed by atoms with Crippen LogP contribution in [0.25, 0.3) is 0 Å². The third kappa shape index (κ3) is 4.07. The molecule has 1 aromatic rings. The van der Waals surface area contributed by atoms with Gasteiger partial charge in [-0.15, -0.1) is 0 Å². The van der Waals surface area contributed by atoms with E-state index < -0.39 is 0 Å². The van der Waals surface area contributed by atoms with Crippen LogP contribution in [-0.2, 0) is 6.54 Å². The Balaban J connectivity index is 1.95. The lowest BCUT2D eigenvalue weighted by Crippen LogP contribution is -2.42. The Bertz CT molecular complexity index is 369. The number of benzene rings is 1. The highest BCUT2D eigenvalue weighted by molar-refractivity contribution is 5.16. The van der Waals surface area contributed by atoms with Crippen molar-refractivity contribution >= 4 is 0 Å². The molecular weight excluding hydrogens is 227 g/mol. The summed E-state index contributed by atoms with van der Waals surface area (Å²) >= 11 is 0. The molecule has 2 rings (SSSR count). The van der Waals surface area contributed by atoms with Crippen molar-refractivity contribution < 1.29 is 4.39 Å². The summed E-state index contributed by atoms with van der Waals surface area (Å²) in [6.07, 6.45) is 2.30. The molecule has 2 unspecified atom stereocenters. The Morgan fingerprint density at radius 1 is 1.22 bits per heavy atom. The van der Waals surface area contributed by atoms with Gasteiger partial charge in [0.05, 0.1) is 0 Å².